The van der Waals surface area contributed by atoms with E-state index in [2.05, 4.69) is 29.2 Å². The lowest BCUT2D eigenvalue weighted by atomic mass is 9.96. The summed E-state index contributed by atoms with van der Waals surface area (Å²) in [7, 11) is 1.89. The average Bonchev–Trinajstić information content (AvgIpc) is 2.99. The molecule has 0 spiro atoms. The van der Waals surface area contributed by atoms with Crippen LogP contribution in [0.3, 0.4) is 0 Å². The lowest BCUT2D eigenvalue weighted by molar-refractivity contribution is -0.134. The molecule has 1 N–H and O–H groups in total. The van der Waals surface area contributed by atoms with Gasteiger partial charge in [0.05, 0.1) is 6.04 Å². The minimum Gasteiger partial charge on any atom is -0.361 e. The number of para-hydroxylation sites is 1. The summed E-state index contributed by atoms with van der Waals surface area (Å²) in [5.41, 5.74) is 3.34. The largest absolute Gasteiger partial charge is 0.361 e. The summed E-state index contributed by atoms with van der Waals surface area (Å²) in [4.78, 5) is 17.8. The van der Waals surface area contributed by atoms with Crippen molar-refractivity contribution in [1.29, 1.82) is 0 Å². The quantitative estimate of drug-likeness (QED) is 0.763. The number of aromatic nitrogens is 1. The van der Waals surface area contributed by atoms with Crippen molar-refractivity contribution >= 4 is 16.8 Å². The first kappa shape index (κ1) is 15.3. The van der Waals surface area contributed by atoms with Crippen LogP contribution in [0.1, 0.15) is 31.0 Å². The first-order chi connectivity index (χ1) is 11.1. The topological polar surface area (TPSA) is 36.1 Å². The molecule has 0 aliphatic rings. The third-order valence-corrected chi connectivity index (χ3v) is 4.26. The van der Waals surface area contributed by atoms with Crippen LogP contribution in [-0.2, 0) is 4.79 Å². The SMILES string of the molecule is CC(C)C(=O)N(C)[C@H](c1ccccc1)c1c[nH]c2ccccc12. The summed E-state index contributed by atoms with van der Waals surface area (Å²) in [6, 6.07) is 18.3. The zero-order valence-corrected chi connectivity index (χ0v) is 13.8. The molecule has 2 aromatic carbocycles. The van der Waals surface area contributed by atoms with Gasteiger partial charge in [0.25, 0.3) is 0 Å². The fourth-order valence-electron chi connectivity index (χ4n) is 3.10. The summed E-state index contributed by atoms with van der Waals surface area (Å²) in [5.74, 6) is 0.112. The van der Waals surface area contributed by atoms with E-state index in [9.17, 15) is 4.79 Å². The van der Waals surface area contributed by atoms with Gasteiger partial charge in [0.2, 0.25) is 5.91 Å². The fourth-order valence-corrected chi connectivity index (χ4v) is 3.10. The van der Waals surface area contributed by atoms with E-state index in [0.717, 1.165) is 22.0 Å². The second-order valence-corrected chi connectivity index (χ2v) is 6.21. The minimum atomic E-state index is -0.0951. The van der Waals surface area contributed by atoms with Crippen molar-refractivity contribution < 1.29 is 4.79 Å². The van der Waals surface area contributed by atoms with Crippen molar-refractivity contribution in [2.45, 2.75) is 19.9 Å². The highest BCUT2D eigenvalue weighted by Gasteiger charge is 2.26. The number of carbonyl (C=O) groups is 1. The Bertz CT molecular complexity index is 805. The molecule has 3 heteroatoms. The van der Waals surface area contributed by atoms with Crippen LogP contribution in [0.4, 0.5) is 0 Å². The van der Waals surface area contributed by atoms with Crippen molar-refractivity contribution in [1.82, 2.24) is 9.88 Å². The van der Waals surface area contributed by atoms with Gasteiger partial charge < -0.3 is 9.88 Å². The molecule has 1 aromatic heterocycles. The molecule has 1 amide bonds. The number of amides is 1. The van der Waals surface area contributed by atoms with Gasteiger partial charge in [-0.2, -0.15) is 0 Å². The van der Waals surface area contributed by atoms with Gasteiger partial charge in [0, 0.05) is 35.6 Å². The Morgan fingerprint density at radius 1 is 1.00 bits per heavy atom. The first-order valence-electron chi connectivity index (χ1n) is 7.97. The normalized spacial score (nSPS) is 12.5. The highest BCUT2D eigenvalue weighted by Crippen LogP contribution is 2.33. The summed E-state index contributed by atoms with van der Waals surface area (Å²) in [6.45, 7) is 3.88. The van der Waals surface area contributed by atoms with Crippen molar-refractivity contribution in [3.05, 3.63) is 71.9 Å². The predicted molar refractivity (Wildman–Crippen MR) is 94.2 cm³/mol. The molecule has 0 fully saturated rings. The zero-order chi connectivity index (χ0) is 16.4. The number of nitrogens with one attached hydrogen (secondary N) is 1. The van der Waals surface area contributed by atoms with Crippen molar-refractivity contribution in [3.8, 4) is 0 Å². The number of hydrogen-bond donors (Lipinski definition) is 1. The van der Waals surface area contributed by atoms with Crippen LogP contribution in [0.25, 0.3) is 10.9 Å². The van der Waals surface area contributed by atoms with Crippen LogP contribution in [0.15, 0.2) is 60.8 Å². The maximum Gasteiger partial charge on any atom is 0.225 e. The van der Waals surface area contributed by atoms with Gasteiger partial charge in [0.1, 0.15) is 0 Å². The summed E-state index contributed by atoms with van der Waals surface area (Å²) < 4.78 is 0. The molecule has 3 aromatic rings. The van der Waals surface area contributed by atoms with Crippen LogP contribution < -0.4 is 0 Å². The van der Waals surface area contributed by atoms with E-state index in [1.807, 2.05) is 62.3 Å². The summed E-state index contributed by atoms with van der Waals surface area (Å²) in [5, 5.41) is 1.16. The molecule has 0 bridgehead atoms. The van der Waals surface area contributed by atoms with Gasteiger partial charge in [0.15, 0.2) is 0 Å². The Balaban J connectivity index is 2.14. The molecule has 0 unspecified atom stereocenters. The first-order valence-corrected chi connectivity index (χ1v) is 7.97. The number of nitrogens with zero attached hydrogens (tertiary/aromatic N) is 1. The van der Waals surface area contributed by atoms with Crippen molar-refractivity contribution in [2.75, 3.05) is 7.05 Å². The molecule has 0 radical (unpaired) electrons. The maximum atomic E-state index is 12.6. The van der Waals surface area contributed by atoms with Gasteiger partial charge in [-0.1, -0.05) is 62.4 Å². The standard InChI is InChI=1S/C20H22N2O/c1-14(2)20(23)22(3)19(15-9-5-4-6-10-15)17-13-21-18-12-8-7-11-16(17)18/h4-14,19,21H,1-3H3/t19-/m1/s1. The molecule has 0 saturated carbocycles. The summed E-state index contributed by atoms with van der Waals surface area (Å²) in [6.07, 6.45) is 2.02. The second kappa shape index (κ2) is 6.29. The predicted octanol–water partition coefficient (Wildman–Crippen LogP) is 4.37. The van der Waals surface area contributed by atoms with Crippen molar-refractivity contribution in [3.63, 3.8) is 0 Å². The number of aromatic amines is 1. The van der Waals surface area contributed by atoms with E-state index >= 15 is 0 Å². The zero-order valence-electron chi connectivity index (χ0n) is 13.8. The number of carbonyl (C=O) groups excluding carboxylic acids is 1. The van der Waals surface area contributed by atoms with Gasteiger partial charge in [-0.05, 0) is 11.6 Å². The highest BCUT2D eigenvalue weighted by molar-refractivity contribution is 5.85. The molecule has 3 rings (SSSR count). The van der Waals surface area contributed by atoms with Crippen LogP contribution in [0, 0.1) is 5.92 Å². The third-order valence-electron chi connectivity index (χ3n) is 4.26. The van der Waals surface area contributed by atoms with Crippen molar-refractivity contribution in [2.24, 2.45) is 5.92 Å². The molecular formula is C20H22N2O. The van der Waals surface area contributed by atoms with E-state index in [0.29, 0.717) is 0 Å². The lowest BCUT2D eigenvalue weighted by Crippen LogP contribution is -2.34. The van der Waals surface area contributed by atoms with Crippen LogP contribution in [0.5, 0.6) is 0 Å². The molecule has 1 atom stereocenters. The number of hydrogen-bond acceptors (Lipinski definition) is 1. The van der Waals surface area contributed by atoms with Gasteiger partial charge >= 0.3 is 0 Å². The monoisotopic (exact) mass is 306 g/mol. The lowest BCUT2D eigenvalue weighted by Gasteiger charge is -2.30. The van der Waals surface area contributed by atoms with Crippen LogP contribution in [0.2, 0.25) is 0 Å². The average molecular weight is 306 g/mol. The second-order valence-electron chi connectivity index (χ2n) is 6.21. The number of rotatable bonds is 4. The van der Waals surface area contributed by atoms with E-state index in [1.165, 1.54) is 0 Å². The smallest absolute Gasteiger partial charge is 0.225 e. The molecule has 118 valence electrons. The number of H-pyrrole nitrogens is 1. The Morgan fingerprint density at radius 2 is 1.65 bits per heavy atom. The van der Waals surface area contributed by atoms with Gasteiger partial charge in [-0.15, -0.1) is 0 Å². The molecule has 23 heavy (non-hydrogen) atoms. The molecule has 0 saturated heterocycles. The Morgan fingerprint density at radius 3 is 2.35 bits per heavy atom. The molecular weight excluding hydrogens is 284 g/mol. The third kappa shape index (κ3) is 2.87. The Hall–Kier alpha value is -2.55. The van der Waals surface area contributed by atoms with Gasteiger partial charge in [-0.25, -0.2) is 0 Å². The molecule has 0 aliphatic carbocycles. The van der Waals surface area contributed by atoms with Gasteiger partial charge in [-0.3, -0.25) is 4.79 Å². The fraction of sp³-hybridized carbons (Fsp3) is 0.250. The van der Waals surface area contributed by atoms with E-state index in [1.54, 1.807) is 0 Å². The highest BCUT2D eigenvalue weighted by atomic mass is 16.2. The van der Waals surface area contributed by atoms with E-state index in [4.69, 9.17) is 0 Å². The Kier molecular flexibility index (Phi) is 4.20. The van der Waals surface area contributed by atoms with E-state index < -0.39 is 0 Å². The van der Waals surface area contributed by atoms with Crippen LogP contribution in [-0.4, -0.2) is 22.8 Å². The Labute approximate surface area is 136 Å². The number of fused-ring (bicyclic) bond motifs is 1. The number of benzene rings is 2. The molecule has 3 nitrogen and oxygen atoms in total. The summed E-state index contributed by atoms with van der Waals surface area (Å²) >= 11 is 0. The molecule has 0 aliphatic heterocycles. The minimum absolute atomic E-state index is 0.0311. The van der Waals surface area contributed by atoms with E-state index in [-0.39, 0.29) is 17.9 Å². The van der Waals surface area contributed by atoms with Crippen LogP contribution >= 0.6 is 0 Å². The molecule has 1 heterocycles. The maximum absolute atomic E-state index is 12.6.